The molecular formula is C24H30N2O3. The van der Waals surface area contributed by atoms with Gasteiger partial charge in [-0.3, -0.25) is 0 Å². The molecule has 154 valence electrons. The number of nitrogens with one attached hydrogen (secondary N) is 1. The van der Waals surface area contributed by atoms with E-state index in [1.165, 1.54) is 12.0 Å². The van der Waals surface area contributed by atoms with Crippen molar-refractivity contribution in [2.45, 2.75) is 43.6 Å². The predicted octanol–water partition coefficient (Wildman–Crippen LogP) is 4.67. The number of carbonyl (C=O) groups excluding carboxylic acids is 1. The summed E-state index contributed by atoms with van der Waals surface area (Å²) in [6, 6.07) is 16.5. The van der Waals surface area contributed by atoms with E-state index in [-0.39, 0.29) is 17.5 Å². The van der Waals surface area contributed by atoms with Gasteiger partial charge in [-0.05, 0) is 43.4 Å². The minimum atomic E-state index is 0.0209. The van der Waals surface area contributed by atoms with Crippen molar-refractivity contribution in [2.75, 3.05) is 27.3 Å². The molecule has 1 N–H and O–H groups in total. The van der Waals surface area contributed by atoms with Gasteiger partial charge in [0.2, 0.25) is 0 Å². The van der Waals surface area contributed by atoms with Crippen LogP contribution in [-0.2, 0) is 5.41 Å². The minimum Gasteiger partial charge on any atom is -0.497 e. The van der Waals surface area contributed by atoms with Crippen molar-refractivity contribution in [1.29, 1.82) is 0 Å². The predicted molar refractivity (Wildman–Crippen MR) is 114 cm³/mol. The second-order valence-corrected chi connectivity index (χ2v) is 8.12. The lowest BCUT2D eigenvalue weighted by molar-refractivity contribution is 0.178. The number of hydrogen-bond acceptors (Lipinski definition) is 3. The standard InChI is InChI=1S/C24H30N2O3/c1-28-19-11-12-20(22(16-19)29-2)21-10-6-15-26(21)23(27)25-17-24(13-7-14-24)18-8-4-3-5-9-18/h3-5,8-9,11-12,16,21H,6-7,10,13-15,17H2,1-2H3,(H,25,27). The number of likely N-dealkylation sites (tertiary alicyclic amines) is 1. The van der Waals surface area contributed by atoms with E-state index in [2.05, 4.69) is 29.6 Å². The van der Waals surface area contributed by atoms with Crippen molar-refractivity contribution >= 4 is 6.03 Å². The van der Waals surface area contributed by atoms with E-state index in [4.69, 9.17) is 9.47 Å². The quantitative estimate of drug-likeness (QED) is 0.774. The normalized spacial score (nSPS) is 20.1. The van der Waals surface area contributed by atoms with E-state index in [1.54, 1.807) is 14.2 Å². The number of urea groups is 1. The molecule has 1 aliphatic heterocycles. The van der Waals surface area contributed by atoms with Gasteiger partial charge in [-0.2, -0.15) is 0 Å². The fourth-order valence-corrected chi connectivity index (χ4v) is 4.74. The number of rotatable bonds is 6. The summed E-state index contributed by atoms with van der Waals surface area (Å²) in [6.45, 7) is 1.46. The Morgan fingerprint density at radius 1 is 1.10 bits per heavy atom. The number of ether oxygens (including phenoxy) is 2. The third-order valence-corrected chi connectivity index (χ3v) is 6.59. The smallest absolute Gasteiger partial charge is 0.317 e. The third-order valence-electron chi connectivity index (χ3n) is 6.59. The molecule has 0 radical (unpaired) electrons. The van der Waals surface area contributed by atoms with Crippen LogP contribution in [0.3, 0.4) is 0 Å². The lowest BCUT2D eigenvalue weighted by atomic mass is 9.64. The Balaban J connectivity index is 1.47. The van der Waals surface area contributed by atoms with Crippen molar-refractivity contribution in [1.82, 2.24) is 10.2 Å². The number of carbonyl (C=O) groups is 1. The Kier molecular flexibility index (Phi) is 5.65. The Bertz CT molecular complexity index is 848. The second-order valence-electron chi connectivity index (χ2n) is 8.12. The lowest BCUT2D eigenvalue weighted by Gasteiger charge is -2.43. The molecule has 0 aromatic heterocycles. The zero-order chi connectivity index (χ0) is 20.3. The fourth-order valence-electron chi connectivity index (χ4n) is 4.74. The van der Waals surface area contributed by atoms with Crippen LogP contribution in [0.1, 0.15) is 49.3 Å². The molecule has 2 aromatic rings. The van der Waals surface area contributed by atoms with Gasteiger partial charge >= 0.3 is 6.03 Å². The van der Waals surface area contributed by atoms with E-state index in [9.17, 15) is 4.79 Å². The maximum atomic E-state index is 13.1. The maximum Gasteiger partial charge on any atom is 0.317 e. The van der Waals surface area contributed by atoms with E-state index in [0.29, 0.717) is 6.54 Å². The molecular weight excluding hydrogens is 364 g/mol. The van der Waals surface area contributed by atoms with E-state index in [0.717, 1.165) is 49.3 Å². The first kappa shape index (κ1) is 19.6. The molecule has 0 spiro atoms. The van der Waals surface area contributed by atoms with Crippen LogP contribution in [0.5, 0.6) is 11.5 Å². The maximum absolute atomic E-state index is 13.1. The zero-order valence-corrected chi connectivity index (χ0v) is 17.3. The van der Waals surface area contributed by atoms with Crippen LogP contribution in [0.2, 0.25) is 0 Å². The molecule has 2 amide bonds. The molecule has 2 aromatic carbocycles. The topological polar surface area (TPSA) is 50.8 Å². The number of nitrogens with zero attached hydrogens (tertiary/aromatic N) is 1. The SMILES string of the molecule is COc1ccc(C2CCCN2C(=O)NCC2(c3ccccc3)CCC2)c(OC)c1. The molecule has 5 heteroatoms. The molecule has 1 heterocycles. The number of benzene rings is 2. The van der Waals surface area contributed by atoms with Gasteiger partial charge in [0, 0.05) is 30.1 Å². The highest BCUT2D eigenvalue weighted by molar-refractivity contribution is 5.75. The van der Waals surface area contributed by atoms with Crippen LogP contribution < -0.4 is 14.8 Å². The summed E-state index contributed by atoms with van der Waals surface area (Å²) in [5.41, 5.74) is 2.47. The molecule has 1 saturated heterocycles. The van der Waals surface area contributed by atoms with Gasteiger partial charge in [0.05, 0.1) is 20.3 Å². The first-order valence-corrected chi connectivity index (χ1v) is 10.5. The summed E-state index contributed by atoms with van der Waals surface area (Å²) < 4.78 is 10.9. The Morgan fingerprint density at radius 3 is 2.55 bits per heavy atom. The van der Waals surface area contributed by atoms with Crippen LogP contribution in [0, 0.1) is 0 Å². The summed E-state index contributed by atoms with van der Waals surface area (Å²) in [5.74, 6) is 1.53. The molecule has 2 fully saturated rings. The molecule has 1 saturated carbocycles. The third kappa shape index (κ3) is 3.78. The first-order valence-electron chi connectivity index (χ1n) is 10.5. The van der Waals surface area contributed by atoms with Gasteiger partial charge in [0.25, 0.3) is 0 Å². The monoisotopic (exact) mass is 394 g/mol. The summed E-state index contributed by atoms with van der Waals surface area (Å²) in [4.78, 5) is 15.1. The summed E-state index contributed by atoms with van der Waals surface area (Å²) in [5, 5.41) is 3.25. The molecule has 29 heavy (non-hydrogen) atoms. The zero-order valence-electron chi connectivity index (χ0n) is 17.3. The van der Waals surface area contributed by atoms with Gasteiger partial charge < -0.3 is 19.7 Å². The van der Waals surface area contributed by atoms with E-state index >= 15 is 0 Å². The van der Waals surface area contributed by atoms with Crippen LogP contribution in [-0.4, -0.2) is 38.2 Å². The summed E-state index contributed by atoms with van der Waals surface area (Å²) in [7, 11) is 3.31. The number of methoxy groups -OCH3 is 2. The average Bonchev–Trinajstić information content (AvgIpc) is 3.23. The highest BCUT2D eigenvalue weighted by atomic mass is 16.5. The first-order chi connectivity index (χ1) is 14.2. The van der Waals surface area contributed by atoms with Gasteiger partial charge in [-0.1, -0.05) is 36.8 Å². The van der Waals surface area contributed by atoms with Crippen LogP contribution >= 0.6 is 0 Å². The van der Waals surface area contributed by atoms with Gasteiger partial charge in [-0.25, -0.2) is 4.79 Å². The Morgan fingerprint density at radius 2 is 1.90 bits per heavy atom. The van der Waals surface area contributed by atoms with Crippen LogP contribution in [0.25, 0.3) is 0 Å². The molecule has 1 unspecified atom stereocenters. The minimum absolute atomic E-state index is 0.0209. The lowest BCUT2D eigenvalue weighted by Crippen LogP contribution is -2.49. The second kappa shape index (κ2) is 8.36. The molecule has 1 aliphatic carbocycles. The van der Waals surface area contributed by atoms with Gasteiger partial charge in [0.1, 0.15) is 11.5 Å². The Hall–Kier alpha value is -2.69. The van der Waals surface area contributed by atoms with Crippen LogP contribution in [0.4, 0.5) is 4.79 Å². The number of hydrogen-bond donors (Lipinski definition) is 1. The highest BCUT2D eigenvalue weighted by Gasteiger charge is 2.40. The fraction of sp³-hybridized carbons (Fsp3) is 0.458. The molecule has 2 aliphatic rings. The van der Waals surface area contributed by atoms with Gasteiger partial charge in [-0.15, -0.1) is 0 Å². The largest absolute Gasteiger partial charge is 0.497 e. The molecule has 0 bridgehead atoms. The van der Waals surface area contributed by atoms with Crippen molar-refractivity contribution in [2.24, 2.45) is 0 Å². The van der Waals surface area contributed by atoms with Crippen LogP contribution in [0.15, 0.2) is 48.5 Å². The van der Waals surface area contributed by atoms with Crippen molar-refractivity contribution < 1.29 is 14.3 Å². The Labute approximate surface area is 173 Å². The number of amides is 2. The van der Waals surface area contributed by atoms with Crippen molar-refractivity contribution in [3.8, 4) is 11.5 Å². The molecule has 4 rings (SSSR count). The average molecular weight is 395 g/mol. The summed E-state index contributed by atoms with van der Waals surface area (Å²) in [6.07, 6.45) is 5.43. The highest BCUT2D eigenvalue weighted by Crippen LogP contribution is 2.43. The summed E-state index contributed by atoms with van der Waals surface area (Å²) >= 11 is 0. The van der Waals surface area contributed by atoms with Crippen molar-refractivity contribution in [3.05, 3.63) is 59.7 Å². The van der Waals surface area contributed by atoms with Crippen molar-refractivity contribution in [3.63, 3.8) is 0 Å². The molecule has 1 atom stereocenters. The van der Waals surface area contributed by atoms with Gasteiger partial charge in [0.15, 0.2) is 0 Å². The van der Waals surface area contributed by atoms with E-state index < -0.39 is 0 Å². The molecule has 5 nitrogen and oxygen atoms in total. The van der Waals surface area contributed by atoms with E-state index in [1.807, 2.05) is 29.2 Å².